The van der Waals surface area contributed by atoms with Gasteiger partial charge in [0.15, 0.2) is 0 Å². The van der Waals surface area contributed by atoms with E-state index >= 15 is 0 Å². The number of nitrogens with zero attached hydrogens (tertiary/aromatic N) is 1. The number of sulfonamides is 1. The molecule has 0 aliphatic rings. The molecule has 0 saturated carbocycles. The predicted molar refractivity (Wildman–Crippen MR) is 110 cm³/mol. The predicted octanol–water partition coefficient (Wildman–Crippen LogP) is 3.21. The van der Waals surface area contributed by atoms with E-state index in [2.05, 4.69) is 4.72 Å². The Hall–Kier alpha value is -2.18. The molecule has 6 heteroatoms. The van der Waals surface area contributed by atoms with Crippen molar-refractivity contribution >= 4 is 21.6 Å². The summed E-state index contributed by atoms with van der Waals surface area (Å²) in [6.45, 7) is 5.94. The van der Waals surface area contributed by atoms with Gasteiger partial charge in [-0.3, -0.25) is 4.79 Å². The molecule has 1 amide bonds. The second-order valence-electron chi connectivity index (χ2n) is 6.76. The van der Waals surface area contributed by atoms with Gasteiger partial charge in [-0.05, 0) is 43.9 Å². The van der Waals surface area contributed by atoms with Crippen molar-refractivity contribution in [2.75, 3.05) is 23.7 Å². The summed E-state index contributed by atoms with van der Waals surface area (Å²) in [5, 5.41) is 0. The number of benzene rings is 2. The molecule has 0 aliphatic carbocycles. The lowest BCUT2D eigenvalue weighted by Crippen LogP contribution is -2.38. The molecule has 0 radical (unpaired) electrons. The highest BCUT2D eigenvalue weighted by Gasteiger charge is 2.16. The molecule has 0 aliphatic heterocycles. The van der Waals surface area contributed by atoms with Crippen LogP contribution < -0.4 is 9.62 Å². The maximum Gasteiger partial charge on any atom is 0.223 e. The second-order valence-corrected chi connectivity index (χ2v) is 8.69. The van der Waals surface area contributed by atoms with Crippen LogP contribution in [0, 0.1) is 13.8 Å². The third-order valence-corrected chi connectivity index (χ3v) is 5.87. The van der Waals surface area contributed by atoms with E-state index in [0.717, 1.165) is 28.8 Å². The summed E-state index contributed by atoms with van der Waals surface area (Å²) in [6.07, 6.45) is 1.29. The summed E-state index contributed by atoms with van der Waals surface area (Å²) >= 11 is 0. The van der Waals surface area contributed by atoms with E-state index in [4.69, 9.17) is 0 Å². The van der Waals surface area contributed by atoms with Crippen molar-refractivity contribution in [1.82, 2.24) is 4.72 Å². The standard InChI is InChI=1S/C21H28N2O3S/c1-17-11-12-21(18(2)16-17)23(19(3)24)14-13-22-27(25,26)15-7-10-20-8-5-4-6-9-20/h4-6,8-9,11-12,16,22H,7,10,13-15H2,1-3H3. The molecule has 2 rings (SSSR count). The van der Waals surface area contributed by atoms with E-state index in [1.807, 2.05) is 62.4 Å². The fraction of sp³-hybridized carbons (Fsp3) is 0.381. The number of nitrogens with one attached hydrogen (secondary N) is 1. The van der Waals surface area contributed by atoms with Crippen LogP contribution in [0.25, 0.3) is 0 Å². The molecular weight excluding hydrogens is 360 g/mol. The lowest BCUT2D eigenvalue weighted by atomic mass is 10.1. The molecule has 0 atom stereocenters. The topological polar surface area (TPSA) is 66.5 Å². The monoisotopic (exact) mass is 388 g/mol. The maximum atomic E-state index is 12.2. The molecular formula is C21H28N2O3S. The zero-order valence-electron chi connectivity index (χ0n) is 16.2. The van der Waals surface area contributed by atoms with Crippen molar-refractivity contribution in [2.45, 2.75) is 33.6 Å². The Balaban J connectivity index is 1.87. The van der Waals surface area contributed by atoms with Crippen LogP contribution in [-0.2, 0) is 21.2 Å². The minimum absolute atomic E-state index is 0.0749. The van der Waals surface area contributed by atoms with Crippen molar-refractivity contribution in [2.24, 2.45) is 0 Å². The third kappa shape index (κ3) is 6.81. The zero-order valence-corrected chi connectivity index (χ0v) is 17.1. The van der Waals surface area contributed by atoms with Gasteiger partial charge in [-0.2, -0.15) is 0 Å². The number of carbonyl (C=O) groups is 1. The first-order valence-corrected chi connectivity index (χ1v) is 10.8. The second kappa shape index (κ2) is 9.67. The van der Waals surface area contributed by atoms with E-state index in [0.29, 0.717) is 13.0 Å². The molecule has 5 nitrogen and oxygen atoms in total. The summed E-state index contributed by atoms with van der Waals surface area (Å²) in [6, 6.07) is 15.7. The molecule has 146 valence electrons. The van der Waals surface area contributed by atoms with Crippen molar-refractivity contribution in [3.05, 3.63) is 65.2 Å². The highest BCUT2D eigenvalue weighted by molar-refractivity contribution is 7.89. The van der Waals surface area contributed by atoms with Crippen molar-refractivity contribution < 1.29 is 13.2 Å². The number of hydrogen-bond acceptors (Lipinski definition) is 3. The molecule has 2 aromatic carbocycles. The maximum absolute atomic E-state index is 12.2. The molecule has 0 unspecified atom stereocenters. The van der Waals surface area contributed by atoms with Gasteiger partial charge in [0.25, 0.3) is 0 Å². The summed E-state index contributed by atoms with van der Waals surface area (Å²) in [4.78, 5) is 13.6. The van der Waals surface area contributed by atoms with Crippen LogP contribution in [0.4, 0.5) is 5.69 Å². The molecule has 2 aromatic rings. The van der Waals surface area contributed by atoms with E-state index in [9.17, 15) is 13.2 Å². The molecule has 27 heavy (non-hydrogen) atoms. The van der Waals surface area contributed by atoms with Crippen LogP contribution in [0.1, 0.15) is 30.0 Å². The van der Waals surface area contributed by atoms with Crippen LogP contribution in [0.2, 0.25) is 0 Å². The highest BCUT2D eigenvalue weighted by Crippen LogP contribution is 2.21. The Labute approximate surface area is 162 Å². The summed E-state index contributed by atoms with van der Waals surface area (Å²) in [5.74, 6) is -0.0313. The normalized spacial score (nSPS) is 11.4. The summed E-state index contributed by atoms with van der Waals surface area (Å²) in [7, 11) is -3.36. The number of amides is 1. The lowest BCUT2D eigenvalue weighted by Gasteiger charge is -2.23. The quantitative estimate of drug-likeness (QED) is 0.717. The summed E-state index contributed by atoms with van der Waals surface area (Å²) in [5.41, 5.74) is 4.07. The number of anilines is 1. The number of carbonyl (C=O) groups excluding carboxylic acids is 1. The van der Waals surface area contributed by atoms with Crippen LogP contribution in [0.5, 0.6) is 0 Å². The first kappa shape index (κ1) is 21.1. The van der Waals surface area contributed by atoms with Gasteiger partial charge in [-0.1, -0.05) is 48.0 Å². The van der Waals surface area contributed by atoms with Gasteiger partial charge in [0, 0.05) is 25.7 Å². The van der Waals surface area contributed by atoms with E-state index in [1.165, 1.54) is 6.92 Å². The molecule has 0 fully saturated rings. The summed E-state index contributed by atoms with van der Waals surface area (Å²) < 4.78 is 27.0. The van der Waals surface area contributed by atoms with E-state index in [1.54, 1.807) is 4.90 Å². The Bertz CT molecular complexity index is 864. The minimum atomic E-state index is -3.36. The molecule has 0 heterocycles. The molecule has 1 N–H and O–H groups in total. The number of aryl methyl sites for hydroxylation is 3. The van der Waals surface area contributed by atoms with Gasteiger partial charge in [0.1, 0.15) is 0 Å². The zero-order chi connectivity index (χ0) is 19.9. The van der Waals surface area contributed by atoms with Gasteiger partial charge >= 0.3 is 0 Å². The fourth-order valence-corrected chi connectivity index (χ4v) is 4.12. The Kier molecular flexibility index (Phi) is 7.56. The molecule has 0 saturated heterocycles. The average molecular weight is 389 g/mol. The fourth-order valence-electron chi connectivity index (χ4n) is 3.05. The van der Waals surface area contributed by atoms with Crippen molar-refractivity contribution in [1.29, 1.82) is 0 Å². The van der Waals surface area contributed by atoms with Crippen molar-refractivity contribution in [3.63, 3.8) is 0 Å². The smallest absolute Gasteiger partial charge is 0.223 e. The lowest BCUT2D eigenvalue weighted by molar-refractivity contribution is -0.116. The van der Waals surface area contributed by atoms with Crippen LogP contribution >= 0.6 is 0 Å². The Morgan fingerprint density at radius 1 is 1.07 bits per heavy atom. The first-order chi connectivity index (χ1) is 12.8. The van der Waals surface area contributed by atoms with Gasteiger partial charge in [-0.15, -0.1) is 0 Å². The highest BCUT2D eigenvalue weighted by atomic mass is 32.2. The van der Waals surface area contributed by atoms with E-state index < -0.39 is 10.0 Å². The van der Waals surface area contributed by atoms with Gasteiger partial charge in [0.2, 0.25) is 15.9 Å². The third-order valence-electron chi connectivity index (χ3n) is 4.40. The Morgan fingerprint density at radius 2 is 1.78 bits per heavy atom. The minimum Gasteiger partial charge on any atom is -0.311 e. The SMILES string of the molecule is CC(=O)N(CCNS(=O)(=O)CCCc1ccccc1)c1ccc(C)cc1C. The molecule has 0 bridgehead atoms. The number of hydrogen-bond donors (Lipinski definition) is 1. The molecule has 0 spiro atoms. The van der Waals surface area contributed by atoms with Crippen LogP contribution in [0.15, 0.2) is 48.5 Å². The van der Waals surface area contributed by atoms with Crippen LogP contribution in [0.3, 0.4) is 0 Å². The first-order valence-electron chi connectivity index (χ1n) is 9.15. The van der Waals surface area contributed by atoms with Crippen LogP contribution in [-0.4, -0.2) is 33.2 Å². The average Bonchev–Trinajstić information content (AvgIpc) is 2.60. The molecule has 0 aromatic heterocycles. The van der Waals surface area contributed by atoms with Gasteiger partial charge in [-0.25, -0.2) is 13.1 Å². The van der Waals surface area contributed by atoms with Gasteiger partial charge in [0.05, 0.1) is 5.75 Å². The Morgan fingerprint density at radius 3 is 2.41 bits per heavy atom. The number of rotatable bonds is 9. The van der Waals surface area contributed by atoms with Crippen molar-refractivity contribution in [3.8, 4) is 0 Å². The largest absolute Gasteiger partial charge is 0.311 e. The van der Waals surface area contributed by atoms with Gasteiger partial charge < -0.3 is 4.90 Å². The van der Waals surface area contributed by atoms with E-state index in [-0.39, 0.29) is 18.2 Å².